The van der Waals surface area contributed by atoms with Crippen LogP contribution in [0, 0.1) is 17.1 Å². The Morgan fingerprint density at radius 2 is 1.82 bits per heavy atom. The number of benzene rings is 2. The summed E-state index contributed by atoms with van der Waals surface area (Å²) in [5.41, 5.74) is 0.552. The van der Waals surface area contributed by atoms with Gasteiger partial charge in [-0.3, -0.25) is 0 Å². The van der Waals surface area contributed by atoms with Gasteiger partial charge >= 0.3 is 0 Å². The smallest absolute Gasteiger partial charge is 0.144 e. The Balaban J connectivity index is 2.25. The second-order valence-corrected chi connectivity index (χ2v) is 4.17. The first-order valence-electron chi connectivity index (χ1n) is 4.82. The van der Waals surface area contributed by atoms with E-state index >= 15 is 0 Å². The van der Waals surface area contributed by atoms with Gasteiger partial charge in [-0.05, 0) is 52.3 Å². The molecule has 2 aromatic rings. The van der Waals surface area contributed by atoms with Crippen LogP contribution in [0.4, 0.5) is 4.39 Å². The van der Waals surface area contributed by atoms with Gasteiger partial charge in [-0.25, -0.2) is 4.39 Å². The SMILES string of the molecule is N#Cc1ccc(Oc2cc(F)ccc2Br)cc1. The topological polar surface area (TPSA) is 33.0 Å². The number of ether oxygens (including phenoxy) is 1. The molecule has 84 valence electrons. The molecule has 0 unspecified atom stereocenters. The Labute approximate surface area is 106 Å². The highest BCUT2D eigenvalue weighted by molar-refractivity contribution is 9.10. The summed E-state index contributed by atoms with van der Waals surface area (Å²) < 4.78 is 19.2. The van der Waals surface area contributed by atoms with Crippen LogP contribution in [0.5, 0.6) is 11.5 Å². The third-order valence-corrected chi connectivity index (χ3v) is 2.76. The predicted octanol–water partition coefficient (Wildman–Crippen LogP) is 4.25. The standard InChI is InChI=1S/C13H7BrFNO/c14-12-6-3-10(15)7-13(12)17-11-4-1-9(8-16)2-5-11/h1-7H. The minimum absolute atomic E-state index is 0.364. The van der Waals surface area contributed by atoms with Gasteiger partial charge in [-0.2, -0.15) is 5.26 Å². The third-order valence-electron chi connectivity index (χ3n) is 2.10. The minimum atomic E-state index is -0.364. The van der Waals surface area contributed by atoms with Gasteiger partial charge in [0.1, 0.15) is 17.3 Å². The Morgan fingerprint density at radius 3 is 2.47 bits per heavy atom. The largest absolute Gasteiger partial charge is 0.456 e. The molecule has 17 heavy (non-hydrogen) atoms. The van der Waals surface area contributed by atoms with Gasteiger partial charge in [0, 0.05) is 6.07 Å². The quantitative estimate of drug-likeness (QED) is 0.828. The number of halogens is 2. The second-order valence-electron chi connectivity index (χ2n) is 3.31. The highest BCUT2D eigenvalue weighted by Crippen LogP contribution is 2.30. The summed E-state index contributed by atoms with van der Waals surface area (Å²) in [5, 5.41) is 8.65. The number of nitrogens with zero attached hydrogens (tertiary/aromatic N) is 1. The molecule has 0 aliphatic carbocycles. The molecule has 0 N–H and O–H groups in total. The molecular weight excluding hydrogens is 285 g/mol. The Hall–Kier alpha value is -1.86. The van der Waals surface area contributed by atoms with Crippen molar-refractivity contribution in [3.05, 3.63) is 58.3 Å². The monoisotopic (exact) mass is 291 g/mol. The summed E-state index contributed by atoms with van der Waals surface area (Å²) in [4.78, 5) is 0. The Kier molecular flexibility index (Phi) is 3.40. The molecule has 0 saturated carbocycles. The summed E-state index contributed by atoms with van der Waals surface area (Å²) >= 11 is 3.27. The summed E-state index contributed by atoms with van der Waals surface area (Å²) in [5.74, 6) is 0.585. The minimum Gasteiger partial charge on any atom is -0.456 e. The average molecular weight is 292 g/mol. The van der Waals surface area contributed by atoms with E-state index in [1.807, 2.05) is 6.07 Å². The number of nitriles is 1. The maximum atomic E-state index is 13.0. The number of hydrogen-bond donors (Lipinski definition) is 0. The van der Waals surface area contributed by atoms with Crippen molar-refractivity contribution < 1.29 is 9.13 Å². The molecule has 0 radical (unpaired) electrons. The summed E-state index contributed by atoms with van der Waals surface area (Å²) in [6.45, 7) is 0. The normalized spacial score (nSPS) is 9.71. The number of rotatable bonds is 2. The molecule has 0 aliphatic heterocycles. The molecule has 0 fully saturated rings. The van der Waals surface area contributed by atoms with E-state index in [0.717, 1.165) is 0 Å². The molecule has 0 atom stereocenters. The molecule has 0 amide bonds. The molecule has 0 heterocycles. The fourth-order valence-electron chi connectivity index (χ4n) is 1.28. The van der Waals surface area contributed by atoms with Crippen molar-refractivity contribution in [2.75, 3.05) is 0 Å². The maximum absolute atomic E-state index is 13.0. The molecule has 0 aliphatic rings. The molecule has 0 bridgehead atoms. The summed E-state index contributed by atoms with van der Waals surface area (Å²) in [6.07, 6.45) is 0. The van der Waals surface area contributed by atoms with E-state index in [2.05, 4.69) is 15.9 Å². The average Bonchev–Trinajstić information content (AvgIpc) is 2.35. The summed E-state index contributed by atoms with van der Waals surface area (Å²) in [6, 6.07) is 12.8. The van der Waals surface area contributed by atoms with E-state index in [1.54, 1.807) is 30.3 Å². The van der Waals surface area contributed by atoms with Gasteiger partial charge < -0.3 is 4.74 Å². The molecular formula is C13H7BrFNO. The zero-order valence-electron chi connectivity index (χ0n) is 8.65. The predicted molar refractivity (Wildman–Crippen MR) is 65.3 cm³/mol. The second kappa shape index (κ2) is 4.98. The lowest BCUT2D eigenvalue weighted by Crippen LogP contribution is -1.87. The van der Waals surface area contributed by atoms with E-state index in [-0.39, 0.29) is 5.82 Å². The lowest BCUT2D eigenvalue weighted by molar-refractivity contribution is 0.473. The lowest BCUT2D eigenvalue weighted by Gasteiger charge is -2.07. The molecule has 4 heteroatoms. The van der Waals surface area contributed by atoms with Gasteiger partial charge in [0.05, 0.1) is 16.1 Å². The van der Waals surface area contributed by atoms with E-state index < -0.39 is 0 Å². The van der Waals surface area contributed by atoms with Crippen LogP contribution in [0.15, 0.2) is 46.9 Å². The van der Waals surface area contributed by atoms with Gasteiger partial charge in [-0.15, -0.1) is 0 Å². The van der Waals surface area contributed by atoms with Crippen molar-refractivity contribution >= 4 is 15.9 Å². The molecule has 2 nitrogen and oxygen atoms in total. The lowest BCUT2D eigenvalue weighted by atomic mass is 10.2. The fourth-order valence-corrected chi connectivity index (χ4v) is 1.61. The first-order valence-corrected chi connectivity index (χ1v) is 5.61. The zero-order chi connectivity index (χ0) is 12.3. The van der Waals surface area contributed by atoms with Gasteiger partial charge in [-0.1, -0.05) is 0 Å². The van der Waals surface area contributed by atoms with Crippen LogP contribution in [0.2, 0.25) is 0 Å². The van der Waals surface area contributed by atoms with E-state index in [4.69, 9.17) is 10.00 Å². The van der Waals surface area contributed by atoms with Crippen LogP contribution in [-0.2, 0) is 0 Å². The van der Waals surface area contributed by atoms with Crippen molar-refractivity contribution in [2.45, 2.75) is 0 Å². The van der Waals surface area contributed by atoms with Crippen LogP contribution in [0.25, 0.3) is 0 Å². The van der Waals surface area contributed by atoms with Crippen molar-refractivity contribution in [2.24, 2.45) is 0 Å². The fraction of sp³-hybridized carbons (Fsp3) is 0. The van der Waals surface area contributed by atoms with Crippen LogP contribution in [0.1, 0.15) is 5.56 Å². The first-order chi connectivity index (χ1) is 8.19. The van der Waals surface area contributed by atoms with E-state index in [1.165, 1.54) is 12.1 Å². The van der Waals surface area contributed by atoms with Crippen molar-refractivity contribution in [3.8, 4) is 17.6 Å². The van der Waals surface area contributed by atoms with Crippen molar-refractivity contribution in [1.82, 2.24) is 0 Å². The third kappa shape index (κ3) is 2.83. The molecule has 2 aromatic carbocycles. The van der Waals surface area contributed by atoms with Gasteiger partial charge in [0.25, 0.3) is 0 Å². The Bertz CT molecular complexity index is 575. The van der Waals surface area contributed by atoms with Crippen LogP contribution in [0.3, 0.4) is 0 Å². The summed E-state index contributed by atoms with van der Waals surface area (Å²) in [7, 11) is 0. The van der Waals surface area contributed by atoms with Crippen molar-refractivity contribution in [3.63, 3.8) is 0 Å². The molecule has 2 rings (SSSR count). The molecule has 0 aromatic heterocycles. The van der Waals surface area contributed by atoms with Gasteiger partial charge in [0.15, 0.2) is 0 Å². The van der Waals surface area contributed by atoms with E-state index in [0.29, 0.717) is 21.5 Å². The number of hydrogen-bond acceptors (Lipinski definition) is 2. The van der Waals surface area contributed by atoms with Crippen LogP contribution >= 0.6 is 15.9 Å². The highest BCUT2D eigenvalue weighted by Gasteiger charge is 2.04. The Morgan fingerprint density at radius 1 is 1.12 bits per heavy atom. The van der Waals surface area contributed by atoms with Crippen LogP contribution < -0.4 is 4.74 Å². The first kappa shape index (κ1) is 11.6. The van der Waals surface area contributed by atoms with Gasteiger partial charge in [0.2, 0.25) is 0 Å². The zero-order valence-corrected chi connectivity index (χ0v) is 10.2. The van der Waals surface area contributed by atoms with Crippen molar-refractivity contribution in [1.29, 1.82) is 5.26 Å². The van der Waals surface area contributed by atoms with E-state index in [9.17, 15) is 4.39 Å². The molecule has 0 saturated heterocycles. The molecule has 0 spiro atoms. The highest BCUT2D eigenvalue weighted by atomic mass is 79.9. The van der Waals surface area contributed by atoms with Crippen LogP contribution in [-0.4, -0.2) is 0 Å². The maximum Gasteiger partial charge on any atom is 0.144 e.